The highest BCUT2D eigenvalue weighted by molar-refractivity contribution is 7.89. The molecule has 0 unspecified atom stereocenters. The number of carboxylic acids is 1. The van der Waals surface area contributed by atoms with Crippen molar-refractivity contribution in [2.75, 3.05) is 25.2 Å². The van der Waals surface area contributed by atoms with Crippen molar-refractivity contribution < 1.29 is 37.0 Å². The first-order valence-electron chi connectivity index (χ1n) is 15.8. The molecule has 2 aliphatic carbocycles. The molecule has 2 aromatic carbocycles. The maximum atomic E-state index is 15.4. The fourth-order valence-electron chi connectivity index (χ4n) is 7.23. The van der Waals surface area contributed by atoms with Crippen molar-refractivity contribution in [2.24, 2.45) is 28.8 Å². The van der Waals surface area contributed by atoms with E-state index < -0.39 is 32.7 Å². The summed E-state index contributed by atoms with van der Waals surface area (Å²) in [4.78, 5) is 26.9. The second-order valence-corrected chi connectivity index (χ2v) is 15.3. The van der Waals surface area contributed by atoms with Gasteiger partial charge in [-0.25, -0.2) is 22.7 Å². The minimum absolute atomic E-state index is 0.0297. The van der Waals surface area contributed by atoms with Gasteiger partial charge < -0.3 is 19.5 Å². The normalized spacial score (nSPS) is 24.3. The molecule has 5 rings (SSSR count). The number of hydrogen-bond donors (Lipinski definition) is 2. The monoisotopic (exact) mass is 676 g/mol. The lowest BCUT2D eigenvalue weighted by Gasteiger charge is -2.52. The van der Waals surface area contributed by atoms with Gasteiger partial charge in [0.25, 0.3) is 0 Å². The minimum Gasteiger partial charge on any atom is -0.491 e. The number of methoxy groups -OCH3 is 1. The number of nitrogens with zero attached hydrogens (tertiary/aromatic N) is 1. The molecule has 0 saturated heterocycles. The number of aldehydes is 1. The molecule has 0 aromatic heterocycles. The Morgan fingerprint density at radius 2 is 2.00 bits per heavy atom. The first-order chi connectivity index (χ1) is 21.8. The van der Waals surface area contributed by atoms with Crippen LogP contribution in [0.3, 0.4) is 0 Å². The van der Waals surface area contributed by atoms with E-state index in [1.165, 1.54) is 13.2 Å². The predicted molar refractivity (Wildman–Crippen MR) is 174 cm³/mol. The second-order valence-electron chi connectivity index (χ2n) is 12.9. The Hall–Kier alpha value is -2.99. The van der Waals surface area contributed by atoms with Gasteiger partial charge in [-0.05, 0) is 104 Å². The number of benzene rings is 2. The van der Waals surface area contributed by atoms with E-state index in [0.717, 1.165) is 30.3 Å². The number of sulfonamides is 1. The van der Waals surface area contributed by atoms with Gasteiger partial charge >= 0.3 is 5.97 Å². The highest BCUT2D eigenvalue weighted by Crippen LogP contribution is 2.52. The van der Waals surface area contributed by atoms with Crippen LogP contribution in [0, 0.1) is 29.5 Å². The Morgan fingerprint density at radius 1 is 1.26 bits per heavy atom. The van der Waals surface area contributed by atoms with Crippen LogP contribution in [-0.4, -0.2) is 56.9 Å². The lowest BCUT2D eigenvalue weighted by atomic mass is 9.58. The van der Waals surface area contributed by atoms with Crippen molar-refractivity contribution in [1.29, 1.82) is 0 Å². The van der Waals surface area contributed by atoms with Gasteiger partial charge in [-0.3, -0.25) is 4.79 Å². The molecule has 250 valence electrons. The van der Waals surface area contributed by atoms with E-state index in [1.54, 1.807) is 25.1 Å². The van der Waals surface area contributed by atoms with E-state index in [2.05, 4.69) is 0 Å². The molecular formula is C34H42ClFN2O7S. The molecule has 46 heavy (non-hydrogen) atoms. The van der Waals surface area contributed by atoms with Crippen LogP contribution >= 0.6 is 11.6 Å². The number of ether oxygens (including phenoxy) is 2. The Kier molecular flexibility index (Phi) is 10.2. The van der Waals surface area contributed by atoms with Crippen molar-refractivity contribution in [3.63, 3.8) is 0 Å². The van der Waals surface area contributed by atoms with E-state index in [0.29, 0.717) is 55.8 Å². The molecule has 0 bridgehead atoms. The molecule has 3 aliphatic rings. The number of primary sulfonamides is 1. The van der Waals surface area contributed by atoms with Gasteiger partial charge in [-0.15, -0.1) is 0 Å². The van der Waals surface area contributed by atoms with Crippen molar-refractivity contribution in [3.8, 4) is 5.75 Å². The summed E-state index contributed by atoms with van der Waals surface area (Å²) in [6.07, 6.45) is 6.72. The maximum Gasteiger partial charge on any atom is 0.335 e. The number of carboxylic acid groups (broad SMARTS) is 1. The van der Waals surface area contributed by atoms with Gasteiger partial charge in [0.1, 0.15) is 17.2 Å². The molecule has 1 heterocycles. The fraction of sp³-hybridized carbons (Fsp3) is 0.529. The molecule has 0 spiro atoms. The number of fused-ring (bicyclic) bond motifs is 2. The lowest BCUT2D eigenvalue weighted by Crippen LogP contribution is -2.55. The van der Waals surface area contributed by atoms with E-state index in [-0.39, 0.29) is 40.8 Å². The second kappa shape index (κ2) is 13.6. The molecule has 2 aromatic rings. The number of carbonyl (C=O) groups excluding carboxylic acids is 1. The Balaban J connectivity index is 1.49. The van der Waals surface area contributed by atoms with E-state index in [9.17, 15) is 23.1 Å². The van der Waals surface area contributed by atoms with E-state index in [1.807, 2.05) is 24.0 Å². The third kappa shape index (κ3) is 6.56. The van der Waals surface area contributed by atoms with Crippen LogP contribution in [0.15, 0.2) is 42.0 Å². The number of halogens is 2. The maximum absolute atomic E-state index is 15.4. The summed E-state index contributed by atoms with van der Waals surface area (Å²) >= 11 is 6.19. The van der Waals surface area contributed by atoms with Crippen LogP contribution in [0.5, 0.6) is 5.75 Å². The summed E-state index contributed by atoms with van der Waals surface area (Å²) in [5.41, 5.74) is 1.61. The van der Waals surface area contributed by atoms with Gasteiger partial charge in [0.15, 0.2) is 6.29 Å². The molecular weight excluding hydrogens is 635 g/mol. The molecule has 6 atom stereocenters. The van der Waals surface area contributed by atoms with Gasteiger partial charge in [0, 0.05) is 26.1 Å². The molecule has 0 radical (unpaired) electrons. The zero-order valence-corrected chi connectivity index (χ0v) is 28.0. The van der Waals surface area contributed by atoms with Gasteiger partial charge in [-0.1, -0.05) is 30.7 Å². The van der Waals surface area contributed by atoms with E-state index in [4.69, 9.17) is 26.2 Å². The number of carbonyl (C=O) groups is 2. The average molecular weight is 677 g/mol. The summed E-state index contributed by atoms with van der Waals surface area (Å²) < 4.78 is 51.5. The third-order valence-electron chi connectivity index (χ3n) is 10.5. The van der Waals surface area contributed by atoms with Gasteiger partial charge in [0.05, 0.1) is 28.1 Å². The predicted octanol–water partition coefficient (Wildman–Crippen LogP) is 5.77. The summed E-state index contributed by atoms with van der Waals surface area (Å²) in [6.45, 7) is 4.54. The SMILES string of the molecule is CO[C@@](C=O)(C1=C[C@H]([C@H](C)[C@@H](C)S(N)(=O)=O)C1)[C@@H]1CC[C@H]1CN1Cc2ccc(Cl)c(F)c2CCCCOc2ccc(C(=O)O)cc21. The van der Waals surface area contributed by atoms with Crippen molar-refractivity contribution >= 4 is 39.6 Å². The smallest absolute Gasteiger partial charge is 0.335 e. The van der Waals surface area contributed by atoms with E-state index >= 15 is 4.39 Å². The summed E-state index contributed by atoms with van der Waals surface area (Å²) in [5, 5.41) is 14.6. The number of allylic oxidation sites excluding steroid dienone is 1. The zero-order valence-electron chi connectivity index (χ0n) is 26.4. The standard InChI is InChI=1S/C34H42ClFN2O7S/c1-20(21(2)46(37,42)43)25-14-26(15-25)34(19-39,44-3)28-10-7-24(28)18-38-17-23-8-11-29(35)32(36)27(23)6-4-5-13-45-31-12-9-22(33(40)41)16-30(31)38/h8-9,11-12,14,16,19-21,24-25,28H,4-7,10,13,15,17-18H2,1-3H3,(H,40,41)(H2,37,42,43)/t20-,21-,24+,25+,28-,34+/m1/s1. The molecule has 12 heteroatoms. The Bertz CT molecular complexity index is 1630. The first kappa shape index (κ1) is 34.3. The molecule has 1 aliphatic heterocycles. The van der Waals surface area contributed by atoms with Crippen LogP contribution in [0.2, 0.25) is 5.02 Å². The highest BCUT2D eigenvalue weighted by Gasteiger charge is 2.53. The van der Waals surface area contributed by atoms with Gasteiger partial charge in [0.2, 0.25) is 10.0 Å². The van der Waals surface area contributed by atoms with Crippen LogP contribution in [0.4, 0.5) is 10.1 Å². The third-order valence-corrected chi connectivity index (χ3v) is 12.3. The molecule has 0 amide bonds. The minimum atomic E-state index is -3.71. The van der Waals surface area contributed by atoms with Crippen molar-refractivity contribution in [2.45, 2.75) is 69.8 Å². The average Bonchev–Trinajstić information content (AvgIpc) is 3.01. The number of anilines is 1. The summed E-state index contributed by atoms with van der Waals surface area (Å²) in [7, 11) is -2.19. The molecule has 3 N–H and O–H groups in total. The lowest BCUT2D eigenvalue weighted by molar-refractivity contribution is -0.139. The first-order valence-corrected chi connectivity index (χ1v) is 17.7. The molecule has 9 nitrogen and oxygen atoms in total. The zero-order chi connectivity index (χ0) is 33.4. The van der Waals surface area contributed by atoms with Crippen LogP contribution in [0.1, 0.15) is 67.4 Å². The number of nitrogens with two attached hydrogens (primary N) is 1. The number of hydrogen-bond acceptors (Lipinski definition) is 7. The van der Waals surface area contributed by atoms with Crippen LogP contribution in [-0.2, 0) is 32.5 Å². The summed E-state index contributed by atoms with van der Waals surface area (Å²) in [6, 6.07) is 8.13. The fourth-order valence-corrected chi connectivity index (χ4v) is 8.21. The van der Waals surface area contributed by atoms with Crippen LogP contribution < -0.4 is 14.8 Å². The Labute approximate surface area is 274 Å². The van der Waals surface area contributed by atoms with Crippen LogP contribution in [0.25, 0.3) is 0 Å². The quantitative estimate of drug-likeness (QED) is 0.239. The highest BCUT2D eigenvalue weighted by atomic mass is 35.5. The van der Waals surface area contributed by atoms with Gasteiger partial charge in [-0.2, -0.15) is 0 Å². The number of rotatable bonds is 10. The van der Waals surface area contributed by atoms with Crippen molar-refractivity contribution in [1.82, 2.24) is 0 Å². The topological polar surface area (TPSA) is 136 Å². The Morgan fingerprint density at radius 3 is 2.61 bits per heavy atom. The van der Waals surface area contributed by atoms with Crippen molar-refractivity contribution in [3.05, 3.63) is 69.5 Å². The number of aromatic carboxylic acids is 1. The molecule has 1 fully saturated rings. The summed E-state index contributed by atoms with van der Waals surface area (Å²) in [5.74, 6) is -1.48. The largest absolute Gasteiger partial charge is 0.491 e. The molecule has 1 saturated carbocycles.